The number of fused-ring (bicyclic) bond motifs is 3. The van der Waals surface area contributed by atoms with Gasteiger partial charge in [-0.15, -0.1) is 0 Å². The fraction of sp³-hybridized carbons (Fsp3) is 0.292. The summed E-state index contributed by atoms with van der Waals surface area (Å²) < 4.78 is 13.0. The van der Waals surface area contributed by atoms with Crippen molar-refractivity contribution in [3.63, 3.8) is 0 Å². The summed E-state index contributed by atoms with van der Waals surface area (Å²) in [4.78, 5) is 31.0. The molecule has 11 heteroatoms. The van der Waals surface area contributed by atoms with Gasteiger partial charge in [-0.3, -0.25) is 9.59 Å². The molecule has 0 spiro atoms. The van der Waals surface area contributed by atoms with Gasteiger partial charge in [0.2, 0.25) is 5.91 Å². The number of nitrogens with zero attached hydrogens (tertiary/aromatic N) is 4. The third kappa shape index (κ3) is 4.45. The minimum Gasteiger partial charge on any atom is -0.854 e. The molecule has 2 aromatic carbocycles. The van der Waals surface area contributed by atoms with Crippen molar-refractivity contribution in [1.29, 1.82) is 0 Å². The molecule has 1 aromatic heterocycles. The molecule has 0 fully saturated rings. The first-order valence-corrected chi connectivity index (χ1v) is 12.9. The maximum atomic E-state index is 13.3. The van der Waals surface area contributed by atoms with E-state index in [1.807, 2.05) is 6.07 Å². The van der Waals surface area contributed by atoms with Crippen molar-refractivity contribution >= 4 is 45.3 Å². The van der Waals surface area contributed by atoms with Gasteiger partial charge in [0.05, 0.1) is 34.3 Å². The number of para-hydroxylation sites is 1. The Kier molecular flexibility index (Phi) is 7.27. The zero-order valence-corrected chi connectivity index (χ0v) is 22.0. The molecule has 9 nitrogen and oxygen atoms in total. The summed E-state index contributed by atoms with van der Waals surface area (Å²) in [6.07, 6.45) is 1.39. The number of hydrogen-bond acceptors (Lipinski definition) is 8. The number of carbonyl (C=O) groups is 2. The van der Waals surface area contributed by atoms with E-state index in [1.165, 1.54) is 23.6 Å². The maximum absolute atomic E-state index is 13.3. The molecular formula is C24H23BrN4O5S. The Morgan fingerprint density at radius 3 is 2.63 bits per heavy atom. The van der Waals surface area contributed by atoms with Gasteiger partial charge in [0.1, 0.15) is 0 Å². The minimum atomic E-state index is -0.810. The average Bonchev–Trinajstić information content (AvgIpc) is 2.87. The molecule has 4 rings (SSSR count). The molecule has 0 radical (unpaired) electrons. The van der Waals surface area contributed by atoms with Gasteiger partial charge in [-0.1, -0.05) is 42.4 Å². The molecule has 1 unspecified atom stereocenters. The van der Waals surface area contributed by atoms with Crippen molar-refractivity contribution in [2.45, 2.75) is 38.0 Å². The lowest BCUT2D eigenvalue weighted by Crippen LogP contribution is -2.59. The van der Waals surface area contributed by atoms with Crippen LogP contribution in [0.4, 0.5) is 5.69 Å². The first kappa shape index (κ1) is 24.9. The number of amides is 1. The second-order valence-corrected chi connectivity index (χ2v) is 9.19. The number of thioether (sulfide) groups is 1. The minimum absolute atomic E-state index is 0.158. The zero-order valence-electron chi connectivity index (χ0n) is 19.6. The van der Waals surface area contributed by atoms with Crippen molar-refractivity contribution in [2.75, 3.05) is 18.3 Å². The lowest BCUT2D eigenvalue weighted by Gasteiger charge is -2.33. The lowest BCUT2D eigenvalue weighted by atomic mass is 10.0. The Morgan fingerprint density at radius 1 is 1.23 bits per heavy atom. The van der Waals surface area contributed by atoms with Crippen LogP contribution in [0.5, 0.6) is 17.4 Å². The molecule has 0 bridgehead atoms. The summed E-state index contributed by atoms with van der Waals surface area (Å²) in [7, 11) is 1.46. The smallest absolute Gasteiger partial charge is 0.311 e. The van der Waals surface area contributed by atoms with Crippen molar-refractivity contribution in [3.05, 3.63) is 46.4 Å². The number of hydrogen-bond donors (Lipinski definition) is 0. The van der Waals surface area contributed by atoms with Crippen LogP contribution in [0.25, 0.3) is 11.3 Å². The summed E-state index contributed by atoms with van der Waals surface area (Å²) in [5.74, 6) is -0.490. The summed E-state index contributed by atoms with van der Waals surface area (Å²) >= 11 is 4.72. The van der Waals surface area contributed by atoms with E-state index in [1.54, 1.807) is 55.3 Å². The van der Waals surface area contributed by atoms with Crippen molar-refractivity contribution in [1.82, 2.24) is 10.1 Å². The number of esters is 1. The van der Waals surface area contributed by atoms with Gasteiger partial charge in [0, 0.05) is 17.9 Å². The number of anilines is 1. The van der Waals surface area contributed by atoms with Crippen LogP contribution in [-0.2, 0) is 9.59 Å². The van der Waals surface area contributed by atoms with Crippen molar-refractivity contribution in [3.8, 4) is 28.6 Å². The highest BCUT2D eigenvalue weighted by molar-refractivity contribution is 9.10. The zero-order chi connectivity index (χ0) is 25.3. The first-order chi connectivity index (χ1) is 16.8. The fourth-order valence-corrected chi connectivity index (χ4v) is 4.82. The number of benzene rings is 2. The third-order valence-electron chi connectivity index (χ3n) is 5.53. The molecule has 0 saturated carbocycles. The fourth-order valence-electron chi connectivity index (χ4n) is 3.93. The van der Waals surface area contributed by atoms with Crippen LogP contribution in [0.2, 0.25) is 0 Å². The SMILES string of the molecule is CCC(=O)Oc1c(Br)cc(C2N(C(=O)CC)c3ccccc3-c3c([O-])nc(SC)n[n+]32)cc1OC. The van der Waals surface area contributed by atoms with Crippen LogP contribution in [0.1, 0.15) is 38.4 Å². The summed E-state index contributed by atoms with van der Waals surface area (Å²) in [5.41, 5.74) is 2.03. The lowest BCUT2D eigenvalue weighted by molar-refractivity contribution is -0.764. The summed E-state index contributed by atoms with van der Waals surface area (Å²) in [6, 6.07) is 10.6. The molecule has 0 aliphatic carbocycles. The van der Waals surface area contributed by atoms with Gasteiger partial charge >= 0.3 is 5.97 Å². The Labute approximate surface area is 215 Å². The molecule has 1 amide bonds. The Hall–Kier alpha value is -3.18. The average molecular weight is 559 g/mol. The predicted molar refractivity (Wildman–Crippen MR) is 131 cm³/mol. The van der Waals surface area contributed by atoms with Gasteiger partial charge in [-0.05, 0) is 46.5 Å². The molecule has 1 aliphatic rings. The Balaban J connectivity index is 2.02. The van der Waals surface area contributed by atoms with E-state index in [-0.39, 0.29) is 35.3 Å². The van der Waals surface area contributed by atoms with E-state index in [2.05, 4.69) is 26.0 Å². The number of methoxy groups -OCH3 is 1. The monoisotopic (exact) mass is 558 g/mol. The van der Waals surface area contributed by atoms with Gasteiger partial charge in [0.15, 0.2) is 11.5 Å². The number of ether oxygens (including phenoxy) is 2. The van der Waals surface area contributed by atoms with Crippen molar-refractivity contribution < 1.29 is 28.9 Å². The van der Waals surface area contributed by atoms with Crippen LogP contribution in [0.15, 0.2) is 46.0 Å². The standard InChI is InChI=1S/C24H23BrN4O5S/c1-5-18(30)28-16-10-8-7-9-14(16)20-22(32)26-24(35-4)27-29(20)23(28)13-11-15(25)21(17(12-13)33-3)34-19(31)6-2/h7-12,23H,5-6H2,1-4H3. The number of carbonyl (C=O) groups excluding carboxylic acids is 2. The quantitative estimate of drug-likeness (QED) is 0.195. The van der Waals surface area contributed by atoms with E-state index in [9.17, 15) is 14.7 Å². The van der Waals surface area contributed by atoms with Gasteiger partial charge < -0.3 is 14.6 Å². The van der Waals surface area contributed by atoms with E-state index >= 15 is 0 Å². The van der Waals surface area contributed by atoms with Gasteiger partial charge in [-0.25, -0.2) is 9.88 Å². The molecule has 2 heterocycles. The molecular weight excluding hydrogens is 536 g/mol. The predicted octanol–water partition coefficient (Wildman–Crippen LogP) is 3.62. The van der Waals surface area contributed by atoms with E-state index in [0.717, 1.165) is 0 Å². The highest BCUT2D eigenvalue weighted by Crippen LogP contribution is 2.44. The topological polar surface area (TPSA) is 109 Å². The van der Waals surface area contributed by atoms with Crippen LogP contribution in [0.3, 0.4) is 0 Å². The van der Waals surface area contributed by atoms with E-state index in [0.29, 0.717) is 27.0 Å². The second-order valence-electron chi connectivity index (χ2n) is 7.57. The first-order valence-electron chi connectivity index (χ1n) is 10.9. The largest absolute Gasteiger partial charge is 0.854 e. The maximum Gasteiger partial charge on any atom is 0.311 e. The molecule has 182 valence electrons. The molecule has 35 heavy (non-hydrogen) atoms. The second kappa shape index (κ2) is 10.2. The molecule has 0 saturated heterocycles. The Bertz CT molecular complexity index is 1320. The highest BCUT2D eigenvalue weighted by Gasteiger charge is 2.45. The van der Waals surface area contributed by atoms with Gasteiger partial charge in [0.25, 0.3) is 17.0 Å². The number of aromatic nitrogens is 3. The summed E-state index contributed by atoms with van der Waals surface area (Å²) in [6.45, 7) is 3.47. The molecule has 1 atom stereocenters. The van der Waals surface area contributed by atoms with E-state index < -0.39 is 18.0 Å². The molecule has 3 aromatic rings. The van der Waals surface area contributed by atoms with Crippen molar-refractivity contribution in [2.24, 2.45) is 0 Å². The third-order valence-corrected chi connectivity index (χ3v) is 6.65. The van der Waals surface area contributed by atoms with Gasteiger partial charge in [-0.2, -0.15) is 0 Å². The molecule has 0 N–H and O–H groups in total. The normalized spacial score (nSPS) is 14.2. The van der Waals surface area contributed by atoms with Crippen LogP contribution >= 0.6 is 27.7 Å². The van der Waals surface area contributed by atoms with Crippen LogP contribution in [-0.4, -0.2) is 35.3 Å². The van der Waals surface area contributed by atoms with Crippen LogP contribution in [0, 0.1) is 0 Å². The Morgan fingerprint density at radius 2 is 1.97 bits per heavy atom. The molecule has 1 aliphatic heterocycles. The highest BCUT2D eigenvalue weighted by atomic mass is 79.9. The summed E-state index contributed by atoms with van der Waals surface area (Å²) in [5, 5.41) is 18.1. The number of halogens is 1. The number of rotatable bonds is 6. The van der Waals surface area contributed by atoms with Crippen LogP contribution < -0.4 is 24.2 Å². The van der Waals surface area contributed by atoms with E-state index in [4.69, 9.17) is 9.47 Å².